The normalized spacial score (nSPS) is 12.4. The van der Waals surface area contributed by atoms with Gasteiger partial charge in [-0.1, -0.05) is 0 Å². The van der Waals surface area contributed by atoms with Gasteiger partial charge in [0.25, 0.3) is 0 Å². The Labute approximate surface area is 81.1 Å². The minimum absolute atomic E-state index is 0.124. The molecular formula is C10H20N2O. The van der Waals surface area contributed by atoms with Crippen molar-refractivity contribution in [2.45, 2.75) is 26.2 Å². The molecule has 3 nitrogen and oxygen atoms in total. The molecule has 13 heavy (non-hydrogen) atoms. The molecule has 0 aromatic rings. The summed E-state index contributed by atoms with van der Waals surface area (Å²) < 4.78 is 4.94. The van der Waals surface area contributed by atoms with Gasteiger partial charge < -0.3 is 10.1 Å². The number of nitrogens with one attached hydrogen (secondary N) is 1. The predicted molar refractivity (Wildman–Crippen MR) is 53.4 cm³/mol. The Kier molecular flexibility index (Phi) is 9.07. The zero-order valence-electron chi connectivity index (χ0n) is 8.68. The molecule has 0 radical (unpaired) electrons. The van der Waals surface area contributed by atoms with Crippen LogP contribution in [-0.4, -0.2) is 26.8 Å². The first kappa shape index (κ1) is 12.4. The third-order valence-corrected chi connectivity index (χ3v) is 1.87. The van der Waals surface area contributed by atoms with E-state index in [-0.39, 0.29) is 5.92 Å². The summed E-state index contributed by atoms with van der Waals surface area (Å²) in [4.78, 5) is 0. The summed E-state index contributed by atoms with van der Waals surface area (Å²) in [6.45, 7) is 4.60. The van der Waals surface area contributed by atoms with Crippen molar-refractivity contribution in [2.24, 2.45) is 5.92 Å². The number of rotatable bonds is 8. The molecule has 0 amide bonds. The maximum atomic E-state index is 8.50. The molecule has 76 valence electrons. The van der Waals surface area contributed by atoms with Gasteiger partial charge in [-0.05, 0) is 32.7 Å². The molecule has 1 unspecified atom stereocenters. The highest BCUT2D eigenvalue weighted by Crippen LogP contribution is 1.94. The highest BCUT2D eigenvalue weighted by Gasteiger charge is 1.96. The van der Waals surface area contributed by atoms with E-state index < -0.39 is 0 Å². The van der Waals surface area contributed by atoms with Crippen LogP contribution >= 0.6 is 0 Å². The maximum Gasteiger partial charge on any atom is 0.0666 e. The Morgan fingerprint density at radius 1 is 1.38 bits per heavy atom. The smallest absolute Gasteiger partial charge is 0.0666 e. The van der Waals surface area contributed by atoms with Crippen molar-refractivity contribution >= 4 is 0 Å². The minimum Gasteiger partial charge on any atom is -0.385 e. The average Bonchev–Trinajstić information content (AvgIpc) is 2.16. The van der Waals surface area contributed by atoms with Gasteiger partial charge in [-0.15, -0.1) is 0 Å². The lowest BCUT2D eigenvalue weighted by Gasteiger charge is -2.05. The van der Waals surface area contributed by atoms with E-state index in [1.807, 2.05) is 6.92 Å². The largest absolute Gasteiger partial charge is 0.385 e. The van der Waals surface area contributed by atoms with E-state index in [0.717, 1.165) is 26.1 Å². The summed E-state index contributed by atoms with van der Waals surface area (Å²) in [5, 5.41) is 11.8. The highest BCUT2D eigenvalue weighted by atomic mass is 16.5. The van der Waals surface area contributed by atoms with Crippen LogP contribution in [0.25, 0.3) is 0 Å². The van der Waals surface area contributed by atoms with E-state index in [4.69, 9.17) is 10.00 Å². The second kappa shape index (κ2) is 9.50. The van der Waals surface area contributed by atoms with Crippen LogP contribution in [0.4, 0.5) is 0 Å². The SMILES string of the molecule is COCCCCCNCC(C)C#N. The number of nitrogens with zero attached hydrogens (tertiary/aromatic N) is 1. The van der Waals surface area contributed by atoms with E-state index in [1.54, 1.807) is 7.11 Å². The highest BCUT2D eigenvalue weighted by molar-refractivity contribution is 4.79. The molecule has 0 fully saturated rings. The van der Waals surface area contributed by atoms with Crippen LogP contribution in [-0.2, 0) is 4.74 Å². The van der Waals surface area contributed by atoms with Crippen molar-refractivity contribution in [3.8, 4) is 6.07 Å². The Hall–Kier alpha value is -0.590. The Balaban J connectivity index is 2.96. The van der Waals surface area contributed by atoms with Gasteiger partial charge in [0.05, 0.1) is 12.0 Å². The van der Waals surface area contributed by atoms with Crippen molar-refractivity contribution in [3.63, 3.8) is 0 Å². The summed E-state index contributed by atoms with van der Waals surface area (Å²) >= 11 is 0. The number of hydrogen-bond donors (Lipinski definition) is 1. The molecule has 0 aromatic carbocycles. The molecule has 3 heteroatoms. The molecule has 0 spiro atoms. The summed E-state index contributed by atoms with van der Waals surface area (Å²) in [6, 6.07) is 2.19. The lowest BCUT2D eigenvalue weighted by Crippen LogP contribution is -2.21. The minimum atomic E-state index is 0.124. The van der Waals surface area contributed by atoms with Gasteiger partial charge >= 0.3 is 0 Å². The summed E-state index contributed by atoms with van der Waals surface area (Å²) in [6.07, 6.45) is 3.50. The molecule has 0 rings (SSSR count). The maximum absolute atomic E-state index is 8.50. The number of ether oxygens (including phenoxy) is 1. The zero-order valence-corrected chi connectivity index (χ0v) is 8.68. The van der Waals surface area contributed by atoms with Crippen molar-refractivity contribution in [1.82, 2.24) is 5.32 Å². The van der Waals surface area contributed by atoms with Crippen LogP contribution < -0.4 is 5.32 Å². The molecule has 0 aliphatic heterocycles. The fourth-order valence-corrected chi connectivity index (χ4v) is 1.04. The van der Waals surface area contributed by atoms with Gasteiger partial charge in [0.1, 0.15) is 0 Å². The molecule has 1 atom stereocenters. The van der Waals surface area contributed by atoms with E-state index in [9.17, 15) is 0 Å². The second-order valence-corrected chi connectivity index (χ2v) is 3.29. The Morgan fingerprint density at radius 3 is 2.77 bits per heavy atom. The second-order valence-electron chi connectivity index (χ2n) is 3.29. The standard InChI is InChI=1S/C10H20N2O/c1-10(8-11)9-12-6-4-3-5-7-13-2/h10,12H,3-7,9H2,1-2H3. The van der Waals surface area contributed by atoms with E-state index in [0.29, 0.717) is 0 Å². The van der Waals surface area contributed by atoms with Crippen molar-refractivity contribution in [3.05, 3.63) is 0 Å². The van der Waals surface area contributed by atoms with Crippen LogP contribution in [0.3, 0.4) is 0 Å². The lowest BCUT2D eigenvalue weighted by molar-refractivity contribution is 0.192. The molecule has 0 saturated carbocycles. The van der Waals surface area contributed by atoms with Gasteiger partial charge in [-0.3, -0.25) is 0 Å². The first-order valence-electron chi connectivity index (χ1n) is 4.90. The first-order valence-corrected chi connectivity index (χ1v) is 4.90. The summed E-state index contributed by atoms with van der Waals surface area (Å²) in [5.74, 6) is 0.124. The van der Waals surface area contributed by atoms with Crippen molar-refractivity contribution < 1.29 is 4.74 Å². The van der Waals surface area contributed by atoms with E-state index in [2.05, 4.69) is 11.4 Å². The monoisotopic (exact) mass is 184 g/mol. The van der Waals surface area contributed by atoms with Gasteiger partial charge in [0.15, 0.2) is 0 Å². The molecule has 0 aliphatic rings. The zero-order chi connectivity index (χ0) is 9.94. The average molecular weight is 184 g/mol. The third-order valence-electron chi connectivity index (χ3n) is 1.87. The molecule has 0 aromatic heterocycles. The molecule has 1 N–H and O–H groups in total. The molecule has 0 aliphatic carbocycles. The Bertz CT molecular complexity index is 142. The van der Waals surface area contributed by atoms with Crippen LogP contribution in [0.15, 0.2) is 0 Å². The quantitative estimate of drug-likeness (QED) is 0.582. The Morgan fingerprint density at radius 2 is 2.15 bits per heavy atom. The van der Waals surface area contributed by atoms with Gasteiger partial charge in [0, 0.05) is 20.3 Å². The van der Waals surface area contributed by atoms with Crippen LogP contribution in [0.5, 0.6) is 0 Å². The fourth-order valence-electron chi connectivity index (χ4n) is 1.04. The molecule has 0 saturated heterocycles. The third kappa shape index (κ3) is 9.32. The van der Waals surface area contributed by atoms with Crippen molar-refractivity contribution in [2.75, 3.05) is 26.8 Å². The van der Waals surface area contributed by atoms with E-state index >= 15 is 0 Å². The fraction of sp³-hybridized carbons (Fsp3) is 0.900. The van der Waals surface area contributed by atoms with Gasteiger partial charge in [-0.2, -0.15) is 5.26 Å². The summed E-state index contributed by atoms with van der Waals surface area (Å²) in [5.41, 5.74) is 0. The van der Waals surface area contributed by atoms with Crippen LogP contribution in [0, 0.1) is 17.2 Å². The van der Waals surface area contributed by atoms with Crippen molar-refractivity contribution in [1.29, 1.82) is 5.26 Å². The number of nitriles is 1. The molecule has 0 heterocycles. The number of hydrogen-bond acceptors (Lipinski definition) is 3. The molecule has 0 bridgehead atoms. The van der Waals surface area contributed by atoms with Gasteiger partial charge in [0.2, 0.25) is 0 Å². The number of methoxy groups -OCH3 is 1. The van der Waals surface area contributed by atoms with Gasteiger partial charge in [-0.25, -0.2) is 0 Å². The first-order chi connectivity index (χ1) is 6.31. The van der Waals surface area contributed by atoms with Crippen LogP contribution in [0.1, 0.15) is 26.2 Å². The van der Waals surface area contributed by atoms with Crippen LogP contribution in [0.2, 0.25) is 0 Å². The lowest BCUT2D eigenvalue weighted by atomic mass is 10.2. The topological polar surface area (TPSA) is 45.0 Å². The number of unbranched alkanes of at least 4 members (excludes halogenated alkanes) is 2. The summed E-state index contributed by atoms with van der Waals surface area (Å²) in [7, 11) is 1.73. The molecular weight excluding hydrogens is 164 g/mol. The predicted octanol–water partition coefficient (Wildman–Crippen LogP) is 1.55. The van der Waals surface area contributed by atoms with E-state index in [1.165, 1.54) is 12.8 Å².